The molecule has 0 spiro atoms. The van der Waals surface area contributed by atoms with Crippen LogP contribution in [-0.4, -0.2) is 84.4 Å². The Balaban J connectivity index is 1.45. The number of rotatable bonds is 17. The Labute approximate surface area is 270 Å². The summed E-state index contributed by atoms with van der Waals surface area (Å²) in [4.78, 5) is 15.0. The number of benzene rings is 2. The van der Waals surface area contributed by atoms with E-state index >= 15 is 0 Å². The molecule has 0 bridgehead atoms. The molecule has 4 atom stereocenters. The summed E-state index contributed by atoms with van der Waals surface area (Å²) in [6.07, 6.45) is 2.69. The topological polar surface area (TPSA) is 90.5 Å². The van der Waals surface area contributed by atoms with Crippen molar-refractivity contribution in [3.63, 3.8) is 0 Å². The van der Waals surface area contributed by atoms with Crippen LogP contribution in [0.15, 0.2) is 42.5 Å². The van der Waals surface area contributed by atoms with Gasteiger partial charge in [0.2, 0.25) is 5.91 Å². The van der Waals surface area contributed by atoms with Gasteiger partial charge in [-0.15, -0.1) is 0 Å². The van der Waals surface area contributed by atoms with Crippen LogP contribution in [0.1, 0.15) is 69.6 Å². The molecule has 0 saturated carbocycles. The van der Waals surface area contributed by atoms with Crippen molar-refractivity contribution in [1.29, 1.82) is 0 Å². The SMILES string of the molecule is CCOC(C)COCc1ccc([C@H]2C[C@@H](CC(C)(C)C(=O)NC)NC[C@@H]2OCc2ccc3c(c2)N(CCCOC)CCO3)cc1. The summed E-state index contributed by atoms with van der Waals surface area (Å²) in [5, 5.41) is 6.54. The predicted octanol–water partition coefficient (Wildman–Crippen LogP) is 5.06. The Hall–Kier alpha value is -2.69. The van der Waals surface area contributed by atoms with E-state index in [9.17, 15) is 4.79 Å². The lowest BCUT2D eigenvalue weighted by Crippen LogP contribution is -2.50. The molecule has 0 radical (unpaired) electrons. The van der Waals surface area contributed by atoms with Crippen molar-refractivity contribution in [1.82, 2.24) is 10.6 Å². The van der Waals surface area contributed by atoms with Crippen LogP contribution >= 0.6 is 0 Å². The number of nitrogens with zero attached hydrogens (tertiary/aromatic N) is 1. The molecule has 9 nitrogen and oxygen atoms in total. The van der Waals surface area contributed by atoms with Crippen LogP contribution in [0.25, 0.3) is 0 Å². The summed E-state index contributed by atoms with van der Waals surface area (Å²) < 4.78 is 29.4. The third-order valence-corrected chi connectivity index (χ3v) is 8.90. The number of methoxy groups -OCH3 is 1. The van der Waals surface area contributed by atoms with Gasteiger partial charge in [-0.05, 0) is 61.9 Å². The third-order valence-electron chi connectivity index (χ3n) is 8.90. The molecule has 45 heavy (non-hydrogen) atoms. The molecule has 1 unspecified atom stereocenters. The Morgan fingerprint density at radius 2 is 1.93 bits per heavy atom. The monoisotopic (exact) mass is 625 g/mol. The van der Waals surface area contributed by atoms with Crippen LogP contribution in [0.5, 0.6) is 5.75 Å². The molecule has 2 aromatic carbocycles. The van der Waals surface area contributed by atoms with Crippen molar-refractivity contribution in [2.75, 3.05) is 65.1 Å². The fraction of sp³-hybridized carbons (Fsp3) is 0.639. The van der Waals surface area contributed by atoms with Gasteiger partial charge in [-0.2, -0.15) is 0 Å². The number of carbonyl (C=O) groups is 1. The van der Waals surface area contributed by atoms with E-state index in [1.807, 2.05) is 27.7 Å². The van der Waals surface area contributed by atoms with Crippen LogP contribution < -0.4 is 20.3 Å². The summed E-state index contributed by atoms with van der Waals surface area (Å²) in [6, 6.07) is 15.3. The van der Waals surface area contributed by atoms with Crippen LogP contribution in [0.3, 0.4) is 0 Å². The first kappa shape index (κ1) is 35.2. The maximum Gasteiger partial charge on any atom is 0.225 e. The molecule has 2 heterocycles. The molecular formula is C36H55N3O6. The van der Waals surface area contributed by atoms with Gasteiger partial charge in [0.15, 0.2) is 0 Å². The summed E-state index contributed by atoms with van der Waals surface area (Å²) in [5.74, 6) is 1.18. The first-order valence-corrected chi connectivity index (χ1v) is 16.6. The van der Waals surface area contributed by atoms with E-state index in [0.29, 0.717) is 33.0 Å². The molecule has 2 aliphatic rings. The van der Waals surface area contributed by atoms with Crippen LogP contribution in [0.2, 0.25) is 0 Å². The molecular weight excluding hydrogens is 570 g/mol. The zero-order chi connectivity index (χ0) is 32.2. The molecule has 250 valence electrons. The van der Waals surface area contributed by atoms with Crippen molar-refractivity contribution in [3.8, 4) is 5.75 Å². The fourth-order valence-corrected chi connectivity index (χ4v) is 6.47. The molecule has 1 amide bonds. The molecule has 0 aromatic heterocycles. The van der Waals surface area contributed by atoms with Gasteiger partial charge in [0.25, 0.3) is 0 Å². The van der Waals surface area contributed by atoms with Gasteiger partial charge in [-0.3, -0.25) is 4.79 Å². The second-order valence-electron chi connectivity index (χ2n) is 13.0. The standard InChI is InChI=1S/C36H55N3O6/c1-7-43-26(2)23-42-24-27-9-12-29(13-10-27)31-20-30(21-36(3,4)35(40)37-5)38-22-34(31)45-25-28-11-14-33-32(19-28)39(16-18-44-33)15-8-17-41-6/h9-14,19,26,30-31,34,38H,7-8,15-18,20-25H2,1-6H3,(H,37,40)/t26?,30-,31+,34-/m0/s1. The van der Waals surface area contributed by atoms with Gasteiger partial charge in [-0.25, -0.2) is 0 Å². The number of fused-ring (bicyclic) bond motifs is 1. The van der Waals surface area contributed by atoms with E-state index in [1.54, 1.807) is 14.2 Å². The Bertz CT molecular complexity index is 1190. The summed E-state index contributed by atoms with van der Waals surface area (Å²) in [5.41, 5.74) is 4.18. The number of ether oxygens (including phenoxy) is 5. The number of carbonyl (C=O) groups excluding carboxylic acids is 1. The molecule has 1 fully saturated rings. The number of hydrogen-bond acceptors (Lipinski definition) is 8. The lowest BCUT2D eigenvalue weighted by Gasteiger charge is -2.40. The zero-order valence-corrected chi connectivity index (χ0v) is 28.2. The second-order valence-corrected chi connectivity index (χ2v) is 13.0. The van der Waals surface area contributed by atoms with Crippen molar-refractivity contribution < 1.29 is 28.5 Å². The smallest absolute Gasteiger partial charge is 0.225 e. The third kappa shape index (κ3) is 10.1. The van der Waals surface area contributed by atoms with Crippen LogP contribution in [0, 0.1) is 5.41 Å². The molecule has 1 saturated heterocycles. The minimum Gasteiger partial charge on any atom is -0.490 e. The van der Waals surface area contributed by atoms with Gasteiger partial charge in [0.1, 0.15) is 12.4 Å². The van der Waals surface area contributed by atoms with Gasteiger partial charge >= 0.3 is 0 Å². The number of amides is 1. The van der Waals surface area contributed by atoms with Crippen molar-refractivity contribution in [2.24, 2.45) is 5.41 Å². The van der Waals surface area contributed by atoms with Gasteiger partial charge in [0.05, 0.1) is 44.3 Å². The predicted molar refractivity (Wildman–Crippen MR) is 178 cm³/mol. The lowest BCUT2D eigenvalue weighted by molar-refractivity contribution is -0.129. The van der Waals surface area contributed by atoms with Crippen LogP contribution in [0.4, 0.5) is 5.69 Å². The summed E-state index contributed by atoms with van der Waals surface area (Å²) in [6.45, 7) is 14.4. The van der Waals surface area contributed by atoms with Crippen molar-refractivity contribution in [2.45, 2.75) is 84.3 Å². The lowest BCUT2D eigenvalue weighted by atomic mass is 9.77. The van der Waals surface area contributed by atoms with Gasteiger partial charge in [0, 0.05) is 57.8 Å². The Morgan fingerprint density at radius 3 is 2.67 bits per heavy atom. The van der Waals surface area contributed by atoms with Crippen molar-refractivity contribution >= 4 is 11.6 Å². The van der Waals surface area contributed by atoms with E-state index in [-0.39, 0.29) is 30.1 Å². The highest BCUT2D eigenvalue weighted by molar-refractivity contribution is 5.81. The minimum absolute atomic E-state index is 0.0106. The molecule has 0 aliphatic carbocycles. The average Bonchev–Trinajstić information content (AvgIpc) is 3.04. The minimum atomic E-state index is -0.467. The highest BCUT2D eigenvalue weighted by Crippen LogP contribution is 2.36. The Kier molecular flexibility index (Phi) is 13.5. The first-order valence-electron chi connectivity index (χ1n) is 16.6. The molecule has 2 aliphatic heterocycles. The zero-order valence-electron chi connectivity index (χ0n) is 28.2. The molecule has 9 heteroatoms. The van der Waals surface area contributed by atoms with E-state index in [0.717, 1.165) is 68.1 Å². The first-order chi connectivity index (χ1) is 21.7. The quantitative estimate of drug-likeness (QED) is 0.236. The Morgan fingerprint density at radius 1 is 1.16 bits per heavy atom. The van der Waals surface area contributed by atoms with Crippen LogP contribution in [-0.2, 0) is 37.0 Å². The van der Waals surface area contributed by atoms with Crippen molar-refractivity contribution in [3.05, 3.63) is 59.2 Å². The van der Waals surface area contributed by atoms with E-state index in [4.69, 9.17) is 23.7 Å². The maximum absolute atomic E-state index is 12.6. The maximum atomic E-state index is 12.6. The molecule has 2 N–H and O–H groups in total. The number of anilines is 1. The van der Waals surface area contributed by atoms with E-state index in [2.05, 4.69) is 58.0 Å². The molecule has 4 rings (SSSR count). The van der Waals surface area contributed by atoms with E-state index < -0.39 is 5.41 Å². The second kappa shape index (κ2) is 17.3. The molecule has 2 aromatic rings. The summed E-state index contributed by atoms with van der Waals surface area (Å²) in [7, 11) is 3.45. The largest absolute Gasteiger partial charge is 0.490 e. The van der Waals surface area contributed by atoms with Gasteiger partial charge in [-0.1, -0.05) is 44.2 Å². The number of piperidine rings is 1. The number of nitrogens with one attached hydrogen (secondary N) is 2. The van der Waals surface area contributed by atoms with E-state index in [1.165, 1.54) is 5.56 Å². The summed E-state index contributed by atoms with van der Waals surface area (Å²) >= 11 is 0. The highest BCUT2D eigenvalue weighted by atomic mass is 16.5. The number of hydrogen-bond donors (Lipinski definition) is 2. The highest BCUT2D eigenvalue weighted by Gasteiger charge is 2.37. The normalized spacial score (nSPS) is 20.8. The average molecular weight is 626 g/mol. The fourth-order valence-electron chi connectivity index (χ4n) is 6.47. The van der Waals surface area contributed by atoms with Gasteiger partial charge < -0.3 is 39.2 Å².